The van der Waals surface area contributed by atoms with Crippen molar-refractivity contribution in [1.82, 2.24) is 0 Å². The largest absolute Gasteiger partial charge is 0.550 e. The van der Waals surface area contributed by atoms with Crippen LogP contribution in [0.2, 0.25) is 0 Å². The topological polar surface area (TPSA) is 66.4 Å². The summed E-state index contributed by atoms with van der Waals surface area (Å²) in [4.78, 5) is 24.8. The number of carboxylic acid groups (broad SMARTS) is 1. The van der Waals surface area contributed by atoms with E-state index in [1.807, 2.05) is 74.5 Å². The molecular weight excluding hydrogens is 328 g/mol. The molecule has 2 aromatic carbocycles. The van der Waals surface area contributed by atoms with Crippen LogP contribution in [-0.4, -0.2) is 18.0 Å². The van der Waals surface area contributed by atoms with Gasteiger partial charge in [0.25, 0.3) is 0 Å². The van der Waals surface area contributed by atoms with Gasteiger partial charge in [0.1, 0.15) is 0 Å². The Hall–Kier alpha value is -2.62. The van der Waals surface area contributed by atoms with Gasteiger partial charge in [-0.1, -0.05) is 67.6 Å². The van der Waals surface area contributed by atoms with Crippen molar-refractivity contribution < 1.29 is 19.4 Å². The minimum absolute atomic E-state index is 0.197. The molecule has 0 heterocycles. The smallest absolute Gasteiger partial charge is 0.310 e. The Kier molecular flexibility index (Phi) is 5.40. The van der Waals surface area contributed by atoms with Crippen LogP contribution in [0.4, 0.5) is 0 Å². The van der Waals surface area contributed by atoms with Crippen LogP contribution in [0, 0.1) is 11.8 Å². The number of rotatable bonds is 6. The van der Waals surface area contributed by atoms with Crippen LogP contribution in [0.5, 0.6) is 0 Å². The van der Waals surface area contributed by atoms with Gasteiger partial charge in [0.15, 0.2) is 0 Å². The fraction of sp³-hybridized carbons (Fsp3) is 0.364. The summed E-state index contributed by atoms with van der Waals surface area (Å²) in [6, 6.07) is 18.6. The summed E-state index contributed by atoms with van der Waals surface area (Å²) in [6.45, 7) is 3.80. The number of esters is 1. The molecule has 136 valence electrons. The number of ether oxygens (including phenoxy) is 1. The number of carbonyl (C=O) groups is 2. The first-order valence-corrected chi connectivity index (χ1v) is 9.05. The molecule has 2 aromatic rings. The van der Waals surface area contributed by atoms with Crippen LogP contribution in [0.15, 0.2) is 60.7 Å². The second-order valence-corrected chi connectivity index (χ2v) is 6.90. The van der Waals surface area contributed by atoms with Gasteiger partial charge in [-0.15, -0.1) is 0 Å². The third-order valence-corrected chi connectivity index (χ3v) is 5.35. The maximum atomic E-state index is 12.9. The average molecular weight is 351 g/mol. The Labute approximate surface area is 153 Å². The van der Waals surface area contributed by atoms with Crippen LogP contribution >= 0.6 is 0 Å². The summed E-state index contributed by atoms with van der Waals surface area (Å²) in [6.07, 6.45) is 0.520. The van der Waals surface area contributed by atoms with Gasteiger partial charge >= 0.3 is 5.97 Å². The monoisotopic (exact) mass is 351 g/mol. The fourth-order valence-corrected chi connectivity index (χ4v) is 3.87. The van der Waals surface area contributed by atoms with E-state index in [0.29, 0.717) is 6.42 Å². The Balaban J connectivity index is 2.00. The predicted octanol–water partition coefficient (Wildman–Crippen LogP) is 2.89. The molecular formula is C22H23O4-. The van der Waals surface area contributed by atoms with E-state index in [4.69, 9.17) is 4.74 Å². The molecule has 0 bridgehead atoms. The molecule has 0 aliphatic heterocycles. The minimum Gasteiger partial charge on any atom is -0.550 e. The van der Waals surface area contributed by atoms with Crippen LogP contribution in [0.1, 0.15) is 43.2 Å². The lowest BCUT2D eigenvalue weighted by Crippen LogP contribution is -2.55. The summed E-state index contributed by atoms with van der Waals surface area (Å²) < 4.78 is 5.58. The first-order chi connectivity index (χ1) is 12.5. The van der Waals surface area contributed by atoms with Crippen LogP contribution < -0.4 is 5.11 Å². The van der Waals surface area contributed by atoms with Crippen molar-refractivity contribution in [3.63, 3.8) is 0 Å². The average Bonchev–Trinajstić information content (AvgIpc) is 2.62. The van der Waals surface area contributed by atoms with E-state index in [0.717, 1.165) is 11.1 Å². The van der Waals surface area contributed by atoms with Crippen molar-refractivity contribution >= 4 is 11.9 Å². The molecule has 26 heavy (non-hydrogen) atoms. The van der Waals surface area contributed by atoms with Crippen molar-refractivity contribution in [2.75, 3.05) is 0 Å². The highest BCUT2D eigenvalue weighted by molar-refractivity contribution is 5.83. The standard InChI is InChI=1S/C22H24O4/c1-3-14(2)26-22(25)20-17(15-10-6-4-7-11-15)19(21(23)24)18(20)16-12-8-5-9-13-16/h4-14,17-20H,3H2,1-2H3,(H,23,24)/p-1/t14-,17-,18-,19?,20?/m0/s1. The molecule has 1 aliphatic carbocycles. The molecule has 0 saturated heterocycles. The number of aliphatic carboxylic acids is 1. The normalized spacial score (nSPS) is 25.8. The number of hydrogen-bond acceptors (Lipinski definition) is 4. The molecule has 4 heteroatoms. The van der Waals surface area contributed by atoms with Gasteiger partial charge in [-0.05, 0) is 24.5 Å². The maximum Gasteiger partial charge on any atom is 0.310 e. The zero-order chi connectivity index (χ0) is 18.7. The van der Waals surface area contributed by atoms with E-state index in [-0.39, 0.29) is 12.1 Å². The molecule has 0 spiro atoms. The molecule has 0 N–H and O–H groups in total. The molecule has 1 fully saturated rings. The second-order valence-electron chi connectivity index (χ2n) is 6.90. The molecule has 3 atom stereocenters. The Bertz CT molecular complexity index is 709. The SMILES string of the molecule is CC[C@H](C)OC(=O)C1[C@@H](c2ccccc2)C(C(=O)[O-])[C@@H]1c1ccccc1. The molecule has 0 unspecified atom stereocenters. The van der Waals surface area contributed by atoms with Crippen molar-refractivity contribution in [3.05, 3.63) is 71.8 Å². The first kappa shape index (κ1) is 18.2. The lowest BCUT2D eigenvalue weighted by molar-refractivity contribution is -0.317. The van der Waals surface area contributed by atoms with Gasteiger partial charge in [-0.25, -0.2) is 0 Å². The van der Waals surface area contributed by atoms with Crippen molar-refractivity contribution in [1.29, 1.82) is 0 Å². The zero-order valence-electron chi connectivity index (χ0n) is 15.0. The molecule has 0 radical (unpaired) electrons. The molecule has 1 saturated carbocycles. The van der Waals surface area contributed by atoms with Gasteiger partial charge in [0, 0.05) is 23.7 Å². The summed E-state index contributed by atoms with van der Waals surface area (Å²) in [7, 11) is 0. The van der Waals surface area contributed by atoms with Gasteiger partial charge in [0.2, 0.25) is 0 Å². The van der Waals surface area contributed by atoms with E-state index in [1.165, 1.54) is 0 Å². The van der Waals surface area contributed by atoms with Crippen molar-refractivity contribution in [3.8, 4) is 0 Å². The third-order valence-electron chi connectivity index (χ3n) is 5.35. The molecule has 3 rings (SSSR count). The lowest BCUT2D eigenvalue weighted by atomic mass is 9.52. The van der Waals surface area contributed by atoms with Crippen LogP contribution in [-0.2, 0) is 14.3 Å². The lowest BCUT2D eigenvalue weighted by Gasteiger charge is -2.51. The summed E-state index contributed by atoms with van der Waals surface area (Å²) in [5.41, 5.74) is 1.67. The van der Waals surface area contributed by atoms with E-state index < -0.39 is 29.6 Å². The predicted molar refractivity (Wildman–Crippen MR) is 96.2 cm³/mol. The van der Waals surface area contributed by atoms with Gasteiger partial charge in [-0.2, -0.15) is 0 Å². The highest BCUT2D eigenvalue weighted by atomic mass is 16.5. The summed E-state index contributed by atoms with van der Waals surface area (Å²) >= 11 is 0. The van der Waals surface area contributed by atoms with Gasteiger partial charge in [0.05, 0.1) is 12.0 Å². The van der Waals surface area contributed by atoms with Gasteiger partial charge in [-0.3, -0.25) is 4.79 Å². The van der Waals surface area contributed by atoms with E-state index in [1.54, 1.807) is 0 Å². The zero-order valence-corrected chi connectivity index (χ0v) is 15.0. The van der Waals surface area contributed by atoms with Crippen LogP contribution in [0.3, 0.4) is 0 Å². The highest BCUT2D eigenvalue weighted by Gasteiger charge is 2.56. The van der Waals surface area contributed by atoms with E-state index in [2.05, 4.69) is 0 Å². The quantitative estimate of drug-likeness (QED) is 0.751. The fourth-order valence-electron chi connectivity index (χ4n) is 3.87. The highest BCUT2D eigenvalue weighted by Crippen LogP contribution is 2.57. The number of hydrogen-bond donors (Lipinski definition) is 0. The van der Waals surface area contributed by atoms with E-state index in [9.17, 15) is 14.7 Å². The minimum atomic E-state index is -1.12. The number of carboxylic acids is 1. The molecule has 4 nitrogen and oxygen atoms in total. The molecule has 0 amide bonds. The molecule has 0 aromatic heterocycles. The molecule has 1 aliphatic rings. The number of benzene rings is 2. The Morgan fingerprint density at radius 2 is 1.38 bits per heavy atom. The van der Waals surface area contributed by atoms with Crippen molar-refractivity contribution in [2.24, 2.45) is 11.8 Å². The Morgan fingerprint density at radius 1 is 0.923 bits per heavy atom. The van der Waals surface area contributed by atoms with E-state index >= 15 is 0 Å². The van der Waals surface area contributed by atoms with Gasteiger partial charge < -0.3 is 14.6 Å². The summed E-state index contributed by atoms with van der Waals surface area (Å²) in [5.74, 6) is -3.63. The van der Waals surface area contributed by atoms with Crippen LogP contribution in [0.25, 0.3) is 0 Å². The summed E-state index contributed by atoms with van der Waals surface area (Å²) in [5, 5.41) is 11.9. The maximum absolute atomic E-state index is 12.9. The second kappa shape index (κ2) is 7.73. The Morgan fingerprint density at radius 3 is 1.77 bits per heavy atom. The third kappa shape index (κ3) is 3.36. The number of carbonyl (C=O) groups excluding carboxylic acids is 2. The first-order valence-electron chi connectivity index (χ1n) is 9.05. The van der Waals surface area contributed by atoms with Crippen molar-refractivity contribution in [2.45, 2.75) is 38.2 Å².